The molecule has 0 aliphatic heterocycles. The lowest BCUT2D eigenvalue weighted by Gasteiger charge is -2.21. The maximum atomic E-state index is 12.5. The van der Waals surface area contributed by atoms with Crippen LogP contribution >= 0.6 is 0 Å². The molecule has 1 aliphatic rings. The maximum Gasteiger partial charge on any atom is 0.416 e. The van der Waals surface area contributed by atoms with Gasteiger partial charge in [-0.25, -0.2) is 0 Å². The van der Waals surface area contributed by atoms with E-state index in [0.29, 0.717) is 12.3 Å². The maximum absolute atomic E-state index is 12.5. The van der Waals surface area contributed by atoms with Gasteiger partial charge in [0.25, 0.3) is 0 Å². The van der Waals surface area contributed by atoms with E-state index in [9.17, 15) is 18.3 Å². The van der Waals surface area contributed by atoms with E-state index >= 15 is 0 Å². The summed E-state index contributed by atoms with van der Waals surface area (Å²) in [7, 11) is 0. The first-order valence-electron chi connectivity index (χ1n) is 7.31. The van der Waals surface area contributed by atoms with Gasteiger partial charge in [0.2, 0.25) is 0 Å². The summed E-state index contributed by atoms with van der Waals surface area (Å²) in [5.41, 5.74) is 0.139. The molecule has 1 nitrogen and oxygen atoms in total. The highest BCUT2D eigenvalue weighted by Gasteiger charge is 2.30. The van der Waals surface area contributed by atoms with E-state index in [1.807, 2.05) is 0 Å². The lowest BCUT2D eigenvalue weighted by atomic mass is 9.90. The van der Waals surface area contributed by atoms with Crippen LogP contribution in [-0.4, -0.2) is 11.2 Å². The molecule has 0 bridgehead atoms. The molecule has 1 unspecified atom stereocenters. The smallest absolute Gasteiger partial charge is 0.392 e. The van der Waals surface area contributed by atoms with Crippen molar-refractivity contribution in [2.45, 2.75) is 57.2 Å². The summed E-state index contributed by atoms with van der Waals surface area (Å²) in [5.74, 6) is 0.291. The summed E-state index contributed by atoms with van der Waals surface area (Å²) in [4.78, 5) is 0. The Morgan fingerprint density at radius 2 is 1.55 bits per heavy atom. The molecule has 20 heavy (non-hydrogen) atoms. The van der Waals surface area contributed by atoms with Crippen molar-refractivity contribution >= 4 is 0 Å². The van der Waals surface area contributed by atoms with E-state index in [4.69, 9.17) is 0 Å². The molecular formula is C16H21F3O. The molecule has 0 spiro atoms. The van der Waals surface area contributed by atoms with Gasteiger partial charge in [0.1, 0.15) is 0 Å². The van der Waals surface area contributed by atoms with Crippen molar-refractivity contribution in [3.05, 3.63) is 35.4 Å². The molecule has 1 fully saturated rings. The molecule has 0 aromatic heterocycles. The molecule has 1 saturated carbocycles. The number of rotatable bonds is 3. The fraction of sp³-hybridized carbons (Fsp3) is 0.625. The van der Waals surface area contributed by atoms with Crippen LogP contribution in [0.5, 0.6) is 0 Å². The molecule has 1 aromatic carbocycles. The normalized spacial score (nSPS) is 19.6. The van der Waals surface area contributed by atoms with Crippen LogP contribution in [0.1, 0.15) is 49.7 Å². The molecular weight excluding hydrogens is 265 g/mol. The lowest BCUT2D eigenvalue weighted by Crippen LogP contribution is -2.22. The van der Waals surface area contributed by atoms with Crippen molar-refractivity contribution in [3.8, 4) is 0 Å². The van der Waals surface area contributed by atoms with Gasteiger partial charge < -0.3 is 5.11 Å². The van der Waals surface area contributed by atoms with Gasteiger partial charge in [0.05, 0.1) is 11.7 Å². The molecule has 1 N–H and O–H groups in total. The fourth-order valence-corrected chi connectivity index (χ4v) is 2.93. The number of hydrogen-bond acceptors (Lipinski definition) is 1. The van der Waals surface area contributed by atoms with Gasteiger partial charge >= 0.3 is 6.18 Å². The summed E-state index contributed by atoms with van der Waals surface area (Å²) in [6, 6.07) is 5.13. The predicted molar refractivity (Wildman–Crippen MR) is 72.3 cm³/mol. The Balaban J connectivity index is 1.95. The number of benzene rings is 1. The van der Waals surface area contributed by atoms with Crippen molar-refractivity contribution in [1.82, 2.24) is 0 Å². The Kier molecular flexibility index (Phi) is 5.08. The zero-order valence-electron chi connectivity index (χ0n) is 11.5. The Hall–Kier alpha value is -1.03. The van der Waals surface area contributed by atoms with Crippen LogP contribution in [0.25, 0.3) is 0 Å². The molecule has 0 radical (unpaired) electrons. The van der Waals surface area contributed by atoms with E-state index in [2.05, 4.69) is 0 Å². The first-order chi connectivity index (χ1) is 9.47. The largest absolute Gasteiger partial charge is 0.416 e. The minimum Gasteiger partial charge on any atom is -0.392 e. The number of alkyl halides is 3. The van der Waals surface area contributed by atoms with Crippen LogP contribution < -0.4 is 0 Å². The first kappa shape index (κ1) is 15.4. The second-order valence-corrected chi connectivity index (χ2v) is 5.72. The first-order valence-corrected chi connectivity index (χ1v) is 7.31. The van der Waals surface area contributed by atoms with E-state index in [0.717, 1.165) is 43.4 Å². The second kappa shape index (κ2) is 6.61. The van der Waals surface area contributed by atoms with Crippen molar-refractivity contribution in [1.29, 1.82) is 0 Å². The van der Waals surface area contributed by atoms with Gasteiger partial charge in [-0.3, -0.25) is 0 Å². The highest BCUT2D eigenvalue weighted by molar-refractivity contribution is 5.25. The van der Waals surface area contributed by atoms with Crippen LogP contribution in [-0.2, 0) is 12.6 Å². The Morgan fingerprint density at radius 3 is 2.05 bits per heavy atom. The second-order valence-electron chi connectivity index (χ2n) is 5.72. The molecule has 1 atom stereocenters. The van der Waals surface area contributed by atoms with Crippen molar-refractivity contribution in [3.63, 3.8) is 0 Å². The third kappa shape index (κ3) is 4.23. The quantitative estimate of drug-likeness (QED) is 0.806. The number of aliphatic hydroxyl groups is 1. The standard InChI is InChI=1S/C16H21F3O/c17-16(18,19)14-9-7-12(8-10-14)11-15(20)13-5-3-1-2-4-6-13/h7-10,13,15,20H,1-6,11H2. The van der Waals surface area contributed by atoms with E-state index < -0.39 is 17.8 Å². The third-order valence-corrected chi connectivity index (χ3v) is 4.17. The molecule has 4 heteroatoms. The Bertz CT molecular complexity index is 403. The zero-order chi connectivity index (χ0) is 14.6. The topological polar surface area (TPSA) is 20.2 Å². The summed E-state index contributed by atoms with van der Waals surface area (Å²) in [6.45, 7) is 0. The molecule has 112 valence electrons. The molecule has 1 aromatic rings. The van der Waals surface area contributed by atoms with Gasteiger partial charge in [-0.05, 0) is 42.9 Å². The van der Waals surface area contributed by atoms with Crippen molar-refractivity contribution < 1.29 is 18.3 Å². The van der Waals surface area contributed by atoms with Gasteiger partial charge in [-0.2, -0.15) is 13.2 Å². The average Bonchev–Trinajstić information content (AvgIpc) is 2.67. The van der Waals surface area contributed by atoms with Gasteiger partial charge in [-0.1, -0.05) is 37.8 Å². The highest BCUT2D eigenvalue weighted by atomic mass is 19.4. The minimum atomic E-state index is -4.29. The van der Waals surface area contributed by atoms with Gasteiger partial charge in [0, 0.05) is 0 Å². The zero-order valence-corrected chi connectivity index (χ0v) is 11.5. The van der Waals surface area contributed by atoms with Crippen LogP contribution in [0.15, 0.2) is 24.3 Å². The Morgan fingerprint density at radius 1 is 1.00 bits per heavy atom. The van der Waals surface area contributed by atoms with Crippen molar-refractivity contribution in [2.24, 2.45) is 5.92 Å². The molecule has 0 amide bonds. The minimum absolute atomic E-state index is 0.291. The van der Waals surface area contributed by atoms with E-state index in [1.165, 1.54) is 25.0 Å². The Labute approximate surface area is 117 Å². The third-order valence-electron chi connectivity index (χ3n) is 4.17. The van der Waals surface area contributed by atoms with Gasteiger partial charge in [0.15, 0.2) is 0 Å². The molecule has 0 heterocycles. The fourth-order valence-electron chi connectivity index (χ4n) is 2.93. The van der Waals surface area contributed by atoms with Crippen LogP contribution in [0.3, 0.4) is 0 Å². The average molecular weight is 286 g/mol. The van der Waals surface area contributed by atoms with E-state index in [1.54, 1.807) is 0 Å². The van der Waals surface area contributed by atoms with Crippen LogP contribution in [0.2, 0.25) is 0 Å². The monoisotopic (exact) mass is 286 g/mol. The number of hydrogen-bond donors (Lipinski definition) is 1. The number of aliphatic hydroxyl groups excluding tert-OH is 1. The molecule has 0 saturated heterocycles. The predicted octanol–water partition coefficient (Wildman–Crippen LogP) is 4.58. The highest BCUT2D eigenvalue weighted by Crippen LogP contribution is 2.30. The summed E-state index contributed by atoms with van der Waals surface area (Å²) < 4.78 is 37.4. The number of halogens is 3. The van der Waals surface area contributed by atoms with Gasteiger partial charge in [-0.15, -0.1) is 0 Å². The lowest BCUT2D eigenvalue weighted by molar-refractivity contribution is -0.137. The summed E-state index contributed by atoms with van der Waals surface area (Å²) >= 11 is 0. The summed E-state index contributed by atoms with van der Waals surface area (Å²) in [5, 5.41) is 10.3. The van der Waals surface area contributed by atoms with Crippen molar-refractivity contribution in [2.75, 3.05) is 0 Å². The van der Waals surface area contributed by atoms with Crippen LogP contribution in [0.4, 0.5) is 13.2 Å². The molecule has 2 rings (SSSR count). The molecule has 1 aliphatic carbocycles. The SMILES string of the molecule is OC(Cc1ccc(C(F)(F)F)cc1)C1CCCCCC1. The van der Waals surface area contributed by atoms with Crippen LogP contribution in [0, 0.1) is 5.92 Å². The van der Waals surface area contributed by atoms with E-state index in [-0.39, 0.29) is 0 Å². The summed E-state index contributed by atoms with van der Waals surface area (Å²) in [6.07, 6.45) is 2.52.